The monoisotopic (exact) mass is 315 g/mol. The number of aromatic nitrogens is 1. The molecule has 2 rings (SSSR count). The number of sulfonamides is 1. The molecule has 0 aliphatic carbocycles. The summed E-state index contributed by atoms with van der Waals surface area (Å²) in [5, 5.41) is 0. The maximum atomic E-state index is 13.8. The Balaban J connectivity index is 2.32. The molecule has 0 bridgehead atoms. The number of benzene rings is 1. The van der Waals surface area contributed by atoms with E-state index in [2.05, 4.69) is 4.98 Å². The fourth-order valence-electron chi connectivity index (χ4n) is 1.66. The Morgan fingerprint density at radius 2 is 2.15 bits per heavy atom. The van der Waals surface area contributed by atoms with Gasteiger partial charge in [-0.3, -0.25) is 0 Å². The summed E-state index contributed by atoms with van der Waals surface area (Å²) < 4.78 is 39.5. The van der Waals surface area contributed by atoms with Gasteiger partial charge in [-0.15, -0.1) is 11.3 Å². The molecule has 0 fully saturated rings. The zero-order chi connectivity index (χ0) is 14.9. The molecule has 0 radical (unpaired) electrons. The van der Waals surface area contributed by atoms with Crippen LogP contribution in [-0.2, 0) is 16.6 Å². The summed E-state index contributed by atoms with van der Waals surface area (Å²) in [6.45, 7) is 1.96. The van der Waals surface area contributed by atoms with E-state index in [9.17, 15) is 12.8 Å². The normalized spacial score (nSPS) is 12.0. The minimum Gasteiger partial charge on any atom is -0.399 e. The SMILES string of the molecule is Cc1ncsc1CN(C)S(=O)(=O)c1ccc(N)cc1F. The third kappa shape index (κ3) is 2.82. The molecule has 1 aromatic heterocycles. The van der Waals surface area contributed by atoms with Crippen molar-refractivity contribution in [3.8, 4) is 0 Å². The average Bonchev–Trinajstić information content (AvgIpc) is 2.74. The molecule has 2 aromatic rings. The van der Waals surface area contributed by atoms with Gasteiger partial charge in [0.25, 0.3) is 0 Å². The summed E-state index contributed by atoms with van der Waals surface area (Å²) in [4.78, 5) is 4.51. The van der Waals surface area contributed by atoms with E-state index < -0.39 is 15.8 Å². The minimum atomic E-state index is -3.90. The predicted molar refractivity (Wildman–Crippen MR) is 76.3 cm³/mol. The highest BCUT2D eigenvalue weighted by Gasteiger charge is 2.25. The second-order valence-corrected chi connectivity index (χ2v) is 7.26. The van der Waals surface area contributed by atoms with Gasteiger partial charge in [0.05, 0.1) is 11.2 Å². The third-order valence-electron chi connectivity index (χ3n) is 2.86. The molecule has 1 heterocycles. The van der Waals surface area contributed by atoms with Crippen LogP contribution in [0.3, 0.4) is 0 Å². The molecule has 8 heteroatoms. The first kappa shape index (κ1) is 14.9. The molecule has 0 unspecified atom stereocenters. The molecule has 1 aromatic carbocycles. The van der Waals surface area contributed by atoms with E-state index in [0.717, 1.165) is 20.9 Å². The van der Waals surface area contributed by atoms with Crippen LogP contribution in [0.5, 0.6) is 0 Å². The Bertz CT molecular complexity index is 728. The van der Waals surface area contributed by atoms with E-state index in [1.54, 1.807) is 12.4 Å². The smallest absolute Gasteiger partial charge is 0.246 e. The fourth-order valence-corrected chi connectivity index (χ4v) is 3.75. The van der Waals surface area contributed by atoms with Crippen molar-refractivity contribution in [3.05, 3.63) is 40.1 Å². The van der Waals surface area contributed by atoms with Crippen molar-refractivity contribution in [1.82, 2.24) is 9.29 Å². The molecule has 20 heavy (non-hydrogen) atoms. The second kappa shape index (κ2) is 5.47. The topological polar surface area (TPSA) is 76.3 Å². The summed E-state index contributed by atoms with van der Waals surface area (Å²) in [7, 11) is -2.49. The highest BCUT2D eigenvalue weighted by atomic mass is 32.2. The highest BCUT2D eigenvalue weighted by molar-refractivity contribution is 7.89. The standard InChI is InChI=1S/C12H14FN3O2S2/c1-8-11(19-7-15-8)6-16(2)20(17,18)12-4-3-9(14)5-10(12)13/h3-5,7H,6,14H2,1-2H3. The minimum absolute atomic E-state index is 0.155. The number of hydrogen-bond donors (Lipinski definition) is 1. The summed E-state index contributed by atoms with van der Waals surface area (Å²) >= 11 is 1.36. The predicted octanol–water partition coefficient (Wildman–Crippen LogP) is 1.99. The lowest BCUT2D eigenvalue weighted by Gasteiger charge is -2.17. The second-order valence-electron chi connectivity index (χ2n) is 4.31. The van der Waals surface area contributed by atoms with Crippen LogP contribution < -0.4 is 5.73 Å². The lowest BCUT2D eigenvalue weighted by Crippen LogP contribution is -2.27. The summed E-state index contributed by atoms with van der Waals surface area (Å²) in [6.07, 6.45) is 0. The molecule has 0 aliphatic rings. The van der Waals surface area contributed by atoms with Gasteiger partial charge < -0.3 is 5.73 Å². The Hall–Kier alpha value is -1.51. The van der Waals surface area contributed by atoms with E-state index in [0.29, 0.717) is 0 Å². The number of nitrogen functional groups attached to an aromatic ring is 1. The molecule has 0 spiro atoms. The Morgan fingerprint density at radius 3 is 2.70 bits per heavy atom. The number of halogens is 1. The maximum absolute atomic E-state index is 13.8. The molecule has 108 valence electrons. The third-order valence-corrected chi connectivity index (χ3v) is 5.61. The van der Waals surface area contributed by atoms with Crippen LogP contribution in [0.25, 0.3) is 0 Å². The van der Waals surface area contributed by atoms with Crippen LogP contribution in [0, 0.1) is 12.7 Å². The number of rotatable bonds is 4. The van der Waals surface area contributed by atoms with Crippen LogP contribution in [0.4, 0.5) is 10.1 Å². The number of nitrogens with zero attached hydrogens (tertiary/aromatic N) is 2. The van der Waals surface area contributed by atoms with Crippen LogP contribution in [0.2, 0.25) is 0 Å². The van der Waals surface area contributed by atoms with Crippen molar-refractivity contribution in [1.29, 1.82) is 0 Å². The van der Waals surface area contributed by atoms with Gasteiger partial charge in [-0.2, -0.15) is 4.31 Å². The van der Waals surface area contributed by atoms with Gasteiger partial charge in [0.2, 0.25) is 10.0 Å². The van der Waals surface area contributed by atoms with Gasteiger partial charge in [0.15, 0.2) is 0 Å². The first-order valence-corrected chi connectivity index (χ1v) is 8.04. The van der Waals surface area contributed by atoms with Crippen molar-refractivity contribution in [2.75, 3.05) is 12.8 Å². The van der Waals surface area contributed by atoms with Gasteiger partial charge in [-0.05, 0) is 25.1 Å². The van der Waals surface area contributed by atoms with Crippen LogP contribution in [-0.4, -0.2) is 24.8 Å². The molecule has 0 saturated heterocycles. The van der Waals surface area contributed by atoms with Crippen molar-refractivity contribution >= 4 is 27.0 Å². The molecule has 0 saturated carbocycles. The average molecular weight is 315 g/mol. The zero-order valence-corrected chi connectivity index (χ0v) is 12.6. The first-order valence-electron chi connectivity index (χ1n) is 5.72. The number of thiazole rings is 1. The van der Waals surface area contributed by atoms with E-state index >= 15 is 0 Å². The molecule has 0 aliphatic heterocycles. The van der Waals surface area contributed by atoms with Gasteiger partial charge in [-0.25, -0.2) is 17.8 Å². The number of aryl methyl sites for hydroxylation is 1. The van der Waals surface area contributed by atoms with Gasteiger partial charge >= 0.3 is 0 Å². The molecular formula is C12H14FN3O2S2. The summed E-state index contributed by atoms with van der Waals surface area (Å²) in [5.74, 6) is -0.849. The fraction of sp³-hybridized carbons (Fsp3) is 0.250. The van der Waals surface area contributed by atoms with Crippen LogP contribution in [0.1, 0.15) is 10.6 Å². The largest absolute Gasteiger partial charge is 0.399 e. The molecule has 2 N–H and O–H groups in total. The van der Waals surface area contributed by atoms with Gasteiger partial charge in [0, 0.05) is 24.2 Å². The quantitative estimate of drug-likeness (QED) is 0.876. The van der Waals surface area contributed by atoms with Crippen molar-refractivity contribution in [2.24, 2.45) is 0 Å². The maximum Gasteiger partial charge on any atom is 0.246 e. The lowest BCUT2D eigenvalue weighted by molar-refractivity contribution is 0.462. The van der Waals surface area contributed by atoms with Crippen molar-refractivity contribution in [2.45, 2.75) is 18.4 Å². The van der Waals surface area contributed by atoms with Gasteiger partial charge in [0.1, 0.15) is 10.7 Å². The van der Waals surface area contributed by atoms with Crippen molar-refractivity contribution in [3.63, 3.8) is 0 Å². The van der Waals surface area contributed by atoms with E-state index in [1.807, 2.05) is 0 Å². The van der Waals surface area contributed by atoms with Crippen LogP contribution in [0.15, 0.2) is 28.6 Å². The molecular weight excluding hydrogens is 301 g/mol. The number of anilines is 1. The van der Waals surface area contributed by atoms with E-state index in [-0.39, 0.29) is 17.1 Å². The van der Waals surface area contributed by atoms with E-state index in [4.69, 9.17) is 5.73 Å². The Morgan fingerprint density at radius 1 is 1.45 bits per heavy atom. The molecule has 5 nitrogen and oxygen atoms in total. The lowest BCUT2D eigenvalue weighted by atomic mass is 10.3. The summed E-state index contributed by atoms with van der Waals surface area (Å²) in [5.41, 5.74) is 8.02. The van der Waals surface area contributed by atoms with Crippen LogP contribution >= 0.6 is 11.3 Å². The number of nitrogens with two attached hydrogens (primary N) is 1. The van der Waals surface area contributed by atoms with Crippen molar-refractivity contribution < 1.29 is 12.8 Å². The molecule has 0 atom stereocenters. The molecule has 0 amide bonds. The first-order chi connectivity index (χ1) is 9.32. The van der Waals surface area contributed by atoms with E-state index in [1.165, 1.54) is 30.5 Å². The number of hydrogen-bond acceptors (Lipinski definition) is 5. The van der Waals surface area contributed by atoms with Gasteiger partial charge in [-0.1, -0.05) is 0 Å². The Kier molecular flexibility index (Phi) is 4.07. The zero-order valence-electron chi connectivity index (χ0n) is 11.0. The summed E-state index contributed by atoms with van der Waals surface area (Å²) in [6, 6.07) is 3.54. The highest BCUT2D eigenvalue weighted by Crippen LogP contribution is 2.23. The Labute approximate surface area is 120 Å².